The summed E-state index contributed by atoms with van der Waals surface area (Å²) in [7, 11) is 0. The normalized spacial score (nSPS) is 11.3. The van der Waals surface area contributed by atoms with E-state index in [9.17, 15) is 0 Å². The Hall–Kier alpha value is -5.96. The van der Waals surface area contributed by atoms with Gasteiger partial charge in [-0.3, -0.25) is 0 Å². The maximum atomic E-state index is 2.45. The van der Waals surface area contributed by atoms with Crippen LogP contribution >= 0.6 is 11.3 Å². The Morgan fingerprint density at radius 1 is 0.354 bits per heavy atom. The minimum atomic E-state index is 1.11. The number of para-hydroxylation sites is 2. The maximum Gasteiger partial charge on any atom is 0.0540 e. The van der Waals surface area contributed by atoms with Crippen LogP contribution in [0.25, 0.3) is 64.3 Å². The molecule has 0 radical (unpaired) electrons. The Morgan fingerprint density at radius 2 is 0.958 bits per heavy atom. The second-order valence-corrected chi connectivity index (χ2v) is 13.2. The molecule has 8 aromatic carbocycles. The smallest absolute Gasteiger partial charge is 0.0540 e. The van der Waals surface area contributed by atoms with E-state index in [1.54, 1.807) is 0 Å². The molecule has 0 fully saturated rings. The highest BCUT2D eigenvalue weighted by molar-refractivity contribution is 7.26. The lowest BCUT2D eigenvalue weighted by atomic mass is 9.97. The van der Waals surface area contributed by atoms with E-state index in [4.69, 9.17) is 0 Å². The lowest BCUT2D eigenvalue weighted by Crippen LogP contribution is -2.12. The second kappa shape index (κ2) is 12.0. The van der Waals surface area contributed by atoms with Crippen molar-refractivity contribution in [3.05, 3.63) is 188 Å². The predicted octanol–water partition coefficient (Wildman–Crippen LogP) is 13.7. The van der Waals surface area contributed by atoms with Crippen LogP contribution in [0.1, 0.15) is 0 Å². The largest absolute Gasteiger partial charge is 0.309 e. The molecule has 0 unspecified atom stereocenters. The molecule has 1 nitrogen and oxygen atoms in total. The molecule has 9 aromatic rings. The third kappa shape index (κ3) is 4.95. The molecule has 48 heavy (non-hydrogen) atoms. The molecule has 0 bridgehead atoms. The van der Waals surface area contributed by atoms with E-state index in [2.05, 4.69) is 193 Å². The Kier molecular flexibility index (Phi) is 7.07. The van der Waals surface area contributed by atoms with E-state index in [1.807, 2.05) is 11.3 Å². The van der Waals surface area contributed by atoms with Gasteiger partial charge in [0.05, 0.1) is 11.4 Å². The van der Waals surface area contributed by atoms with Gasteiger partial charge in [-0.15, -0.1) is 11.3 Å². The molecule has 2 heteroatoms. The number of rotatable bonds is 6. The van der Waals surface area contributed by atoms with Crippen LogP contribution < -0.4 is 4.90 Å². The first-order chi connectivity index (χ1) is 23.8. The SMILES string of the molecule is c1ccc(-c2ccccc2N(c2cccc(-c3ccc4ccccc4c3)c2)c2ccccc2-c2cccc3c2sc2ccccc23)cc1. The van der Waals surface area contributed by atoms with Crippen molar-refractivity contribution >= 4 is 59.3 Å². The van der Waals surface area contributed by atoms with Gasteiger partial charge in [0.25, 0.3) is 0 Å². The summed E-state index contributed by atoms with van der Waals surface area (Å²) >= 11 is 1.88. The Labute approximate surface area is 284 Å². The minimum Gasteiger partial charge on any atom is -0.309 e. The molecule has 0 aliphatic rings. The van der Waals surface area contributed by atoms with E-state index in [1.165, 1.54) is 64.3 Å². The van der Waals surface area contributed by atoms with Crippen LogP contribution in [0.15, 0.2) is 188 Å². The summed E-state index contributed by atoms with van der Waals surface area (Å²) in [5.74, 6) is 0. The summed E-state index contributed by atoms with van der Waals surface area (Å²) in [4.78, 5) is 2.45. The zero-order valence-corrected chi connectivity index (χ0v) is 27.1. The van der Waals surface area contributed by atoms with E-state index in [-0.39, 0.29) is 0 Å². The Morgan fingerprint density at radius 3 is 1.83 bits per heavy atom. The van der Waals surface area contributed by atoms with Crippen molar-refractivity contribution in [2.75, 3.05) is 4.90 Å². The van der Waals surface area contributed by atoms with Crippen LogP contribution in [0.2, 0.25) is 0 Å². The summed E-state index contributed by atoms with van der Waals surface area (Å²) < 4.78 is 2.62. The van der Waals surface area contributed by atoms with Crippen LogP contribution in [-0.4, -0.2) is 0 Å². The zero-order chi connectivity index (χ0) is 31.9. The average Bonchev–Trinajstić information content (AvgIpc) is 3.55. The van der Waals surface area contributed by atoms with Crippen LogP contribution in [0.5, 0.6) is 0 Å². The summed E-state index contributed by atoms with van der Waals surface area (Å²) in [6.07, 6.45) is 0. The van der Waals surface area contributed by atoms with Gasteiger partial charge in [-0.25, -0.2) is 0 Å². The van der Waals surface area contributed by atoms with Crippen molar-refractivity contribution in [1.82, 2.24) is 0 Å². The molecule has 0 amide bonds. The quantitative estimate of drug-likeness (QED) is 0.177. The van der Waals surface area contributed by atoms with Crippen molar-refractivity contribution < 1.29 is 0 Å². The van der Waals surface area contributed by atoms with Gasteiger partial charge in [-0.1, -0.05) is 152 Å². The molecular formula is C46H31NS. The maximum absolute atomic E-state index is 2.45. The fourth-order valence-electron chi connectivity index (χ4n) is 6.99. The van der Waals surface area contributed by atoms with Gasteiger partial charge < -0.3 is 4.90 Å². The highest BCUT2D eigenvalue weighted by Gasteiger charge is 2.22. The number of fused-ring (bicyclic) bond motifs is 4. The van der Waals surface area contributed by atoms with Crippen molar-refractivity contribution in [3.8, 4) is 33.4 Å². The van der Waals surface area contributed by atoms with Crippen molar-refractivity contribution in [2.24, 2.45) is 0 Å². The highest BCUT2D eigenvalue weighted by atomic mass is 32.1. The van der Waals surface area contributed by atoms with E-state index in [0.717, 1.165) is 17.1 Å². The Bertz CT molecular complexity index is 2580. The standard InChI is InChI=1S/C46H31NS/c1-2-15-33(16-3-1)38-20-6-9-25-43(38)47(37-19-12-18-35(31-37)36-29-28-32-14-4-5-17-34(32)30-36)44-26-10-7-21-39(44)41-23-13-24-42-40-22-8-11-27-45(40)48-46(41)42/h1-31H. The molecule has 1 heterocycles. The fourth-order valence-corrected chi connectivity index (χ4v) is 8.22. The van der Waals surface area contributed by atoms with Crippen LogP contribution in [0.4, 0.5) is 17.1 Å². The number of thiophene rings is 1. The van der Waals surface area contributed by atoms with Gasteiger partial charge in [0, 0.05) is 42.6 Å². The van der Waals surface area contributed by atoms with Crippen molar-refractivity contribution in [1.29, 1.82) is 0 Å². The van der Waals surface area contributed by atoms with Crippen LogP contribution in [0.3, 0.4) is 0 Å². The average molecular weight is 630 g/mol. The number of hydrogen-bond acceptors (Lipinski definition) is 2. The van der Waals surface area contributed by atoms with Crippen LogP contribution in [-0.2, 0) is 0 Å². The molecule has 0 N–H and O–H groups in total. The first-order valence-corrected chi connectivity index (χ1v) is 17.2. The summed E-state index contributed by atoms with van der Waals surface area (Å²) in [6, 6.07) is 68.2. The molecule has 0 aliphatic carbocycles. The van der Waals surface area contributed by atoms with Crippen LogP contribution in [0, 0.1) is 0 Å². The van der Waals surface area contributed by atoms with Gasteiger partial charge in [-0.2, -0.15) is 0 Å². The number of anilines is 3. The molecule has 1 aromatic heterocycles. The Balaban J connectivity index is 1.29. The second-order valence-electron chi connectivity index (χ2n) is 12.1. The van der Waals surface area contributed by atoms with Gasteiger partial charge in [0.2, 0.25) is 0 Å². The van der Waals surface area contributed by atoms with Crippen molar-refractivity contribution in [3.63, 3.8) is 0 Å². The van der Waals surface area contributed by atoms with E-state index < -0.39 is 0 Å². The third-order valence-electron chi connectivity index (χ3n) is 9.26. The highest BCUT2D eigenvalue weighted by Crippen LogP contribution is 2.48. The number of nitrogens with zero attached hydrogens (tertiary/aromatic N) is 1. The summed E-state index contributed by atoms with van der Waals surface area (Å²) in [5.41, 5.74) is 10.6. The summed E-state index contributed by atoms with van der Waals surface area (Å²) in [6.45, 7) is 0. The third-order valence-corrected chi connectivity index (χ3v) is 10.5. The molecular weight excluding hydrogens is 599 g/mol. The van der Waals surface area contributed by atoms with E-state index in [0.29, 0.717) is 0 Å². The van der Waals surface area contributed by atoms with Crippen molar-refractivity contribution in [2.45, 2.75) is 0 Å². The molecule has 0 saturated carbocycles. The molecule has 0 atom stereocenters. The number of benzene rings is 8. The first-order valence-electron chi connectivity index (χ1n) is 16.4. The molecule has 0 spiro atoms. The first kappa shape index (κ1) is 28.3. The van der Waals surface area contributed by atoms with E-state index >= 15 is 0 Å². The van der Waals surface area contributed by atoms with Gasteiger partial charge in [0.1, 0.15) is 0 Å². The van der Waals surface area contributed by atoms with Gasteiger partial charge in [-0.05, 0) is 63.9 Å². The fraction of sp³-hybridized carbons (Fsp3) is 0. The predicted molar refractivity (Wildman–Crippen MR) is 208 cm³/mol. The van der Waals surface area contributed by atoms with Gasteiger partial charge >= 0.3 is 0 Å². The molecule has 0 aliphatic heterocycles. The lowest BCUT2D eigenvalue weighted by molar-refractivity contribution is 1.28. The zero-order valence-electron chi connectivity index (χ0n) is 26.3. The lowest BCUT2D eigenvalue weighted by Gasteiger charge is -2.30. The summed E-state index contributed by atoms with van der Waals surface area (Å²) in [5, 5.41) is 5.11. The molecule has 9 rings (SSSR count). The monoisotopic (exact) mass is 629 g/mol. The molecule has 0 saturated heterocycles. The molecule has 226 valence electrons. The van der Waals surface area contributed by atoms with Gasteiger partial charge in [0.15, 0.2) is 0 Å². The minimum absolute atomic E-state index is 1.11. The topological polar surface area (TPSA) is 3.24 Å². The number of hydrogen-bond donors (Lipinski definition) is 0.